The molecule has 164 valence electrons. The molecule has 0 aliphatic carbocycles. The summed E-state index contributed by atoms with van der Waals surface area (Å²) >= 11 is 1.69. The molecule has 1 amide bonds. The van der Waals surface area contributed by atoms with Crippen LogP contribution >= 0.6 is 11.8 Å². The van der Waals surface area contributed by atoms with Crippen molar-refractivity contribution in [2.45, 2.75) is 24.2 Å². The van der Waals surface area contributed by atoms with Crippen molar-refractivity contribution in [2.24, 2.45) is 0 Å². The predicted octanol–water partition coefficient (Wildman–Crippen LogP) is 3.14. The lowest BCUT2D eigenvalue weighted by Gasteiger charge is -2.24. The van der Waals surface area contributed by atoms with Crippen LogP contribution in [0.2, 0.25) is 0 Å². The second-order valence-corrected chi connectivity index (χ2v) is 9.74. The summed E-state index contributed by atoms with van der Waals surface area (Å²) in [6, 6.07) is 5.87. The van der Waals surface area contributed by atoms with Crippen molar-refractivity contribution in [1.29, 1.82) is 0 Å². The molecule has 0 saturated carbocycles. The summed E-state index contributed by atoms with van der Waals surface area (Å²) in [4.78, 5) is 15.2. The summed E-state index contributed by atoms with van der Waals surface area (Å²) in [5.74, 6) is 0.552. The zero-order chi connectivity index (χ0) is 21.9. The molecule has 2 N–H and O–H groups in total. The van der Waals surface area contributed by atoms with Gasteiger partial charge in [-0.25, -0.2) is 8.42 Å². The van der Waals surface area contributed by atoms with Crippen LogP contribution < -0.4 is 10.1 Å². The number of carbonyl (C=O) groups is 1. The molecule has 2 heterocycles. The quantitative estimate of drug-likeness (QED) is 0.687. The summed E-state index contributed by atoms with van der Waals surface area (Å²) in [6.07, 6.45) is -3.50. The summed E-state index contributed by atoms with van der Waals surface area (Å²) < 4.78 is 67.3. The first-order valence-corrected chi connectivity index (χ1v) is 11.6. The van der Waals surface area contributed by atoms with E-state index in [0.29, 0.717) is 18.7 Å². The van der Waals surface area contributed by atoms with E-state index in [4.69, 9.17) is 0 Å². The molecule has 1 aromatic carbocycles. The maximum atomic E-state index is 12.7. The molecule has 1 atom stereocenters. The lowest BCUT2D eigenvalue weighted by molar-refractivity contribution is -0.274. The first-order valence-electron chi connectivity index (χ1n) is 8.99. The third kappa shape index (κ3) is 5.49. The normalized spacial score (nSPS) is 16.8. The monoisotopic (exact) mass is 463 g/mol. The van der Waals surface area contributed by atoms with Gasteiger partial charge in [0.1, 0.15) is 16.3 Å². The van der Waals surface area contributed by atoms with E-state index in [-0.39, 0.29) is 16.3 Å². The Morgan fingerprint density at radius 3 is 2.47 bits per heavy atom. The topological polar surface area (TPSA) is 91.5 Å². The molecule has 7 nitrogen and oxygen atoms in total. The molecule has 0 radical (unpaired) electrons. The number of nitrogens with one attached hydrogen (secondary N) is 2. The van der Waals surface area contributed by atoms with Gasteiger partial charge in [-0.2, -0.15) is 16.1 Å². The Bertz CT molecular complexity index is 985. The smallest absolute Gasteiger partial charge is 0.406 e. The third-order valence-electron chi connectivity index (χ3n) is 4.47. The molecule has 1 aliphatic heterocycles. The number of amides is 1. The number of hydrogen-bond acceptors (Lipinski definition) is 5. The molecule has 2 aromatic rings. The van der Waals surface area contributed by atoms with E-state index in [1.54, 1.807) is 18.7 Å². The zero-order valence-corrected chi connectivity index (χ0v) is 17.5. The van der Waals surface area contributed by atoms with Gasteiger partial charge in [0.05, 0.1) is 6.04 Å². The van der Waals surface area contributed by atoms with Crippen molar-refractivity contribution in [3.63, 3.8) is 0 Å². The van der Waals surface area contributed by atoms with E-state index in [1.807, 2.05) is 0 Å². The molecule has 1 fully saturated rings. The van der Waals surface area contributed by atoms with Gasteiger partial charge in [0.25, 0.3) is 5.91 Å². The van der Waals surface area contributed by atoms with E-state index in [1.165, 1.54) is 28.7 Å². The second kappa shape index (κ2) is 8.90. The van der Waals surface area contributed by atoms with Crippen molar-refractivity contribution >= 4 is 27.7 Å². The van der Waals surface area contributed by atoms with Gasteiger partial charge in [-0.05, 0) is 30.7 Å². The molecule has 30 heavy (non-hydrogen) atoms. The third-order valence-corrected chi connectivity index (χ3v) is 7.29. The fourth-order valence-corrected chi connectivity index (χ4v) is 5.48. The van der Waals surface area contributed by atoms with Gasteiger partial charge in [-0.1, -0.05) is 12.1 Å². The number of aromatic nitrogens is 1. The van der Waals surface area contributed by atoms with E-state index >= 15 is 0 Å². The number of benzene rings is 1. The number of ether oxygens (including phenoxy) is 1. The number of carbonyl (C=O) groups excluding carboxylic acids is 1. The van der Waals surface area contributed by atoms with Gasteiger partial charge in [0.2, 0.25) is 10.0 Å². The number of H-pyrrole nitrogens is 1. The van der Waals surface area contributed by atoms with Crippen molar-refractivity contribution < 1.29 is 31.1 Å². The predicted molar refractivity (Wildman–Crippen MR) is 106 cm³/mol. The Morgan fingerprint density at radius 2 is 1.87 bits per heavy atom. The number of thioether (sulfide) groups is 1. The van der Waals surface area contributed by atoms with Crippen LogP contribution in [0.3, 0.4) is 0 Å². The number of nitrogens with zero attached hydrogens (tertiary/aromatic N) is 1. The second-order valence-electron chi connectivity index (χ2n) is 6.58. The maximum absolute atomic E-state index is 12.7. The highest BCUT2D eigenvalue weighted by molar-refractivity contribution is 7.99. The van der Waals surface area contributed by atoms with Gasteiger partial charge in [0, 0.05) is 30.8 Å². The van der Waals surface area contributed by atoms with Crippen LogP contribution in [0.1, 0.15) is 29.0 Å². The molecule has 1 saturated heterocycles. The summed E-state index contributed by atoms with van der Waals surface area (Å²) in [5.41, 5.74) is 0.631. The molecule has 3 rings (SSSR count). The minimum absolute atomic E-state index is 0.0147. The molecule has 1 aromatic heterocycles. The largest absolute Gasteiger partial charge is 0.573 e. The molecule has 1 unspecified atom stereocenters. The van der Waals surface area contributed by atoms with Crippen molar-refractivity contribution in [3.05, 3.63) is 47.8 Å². The van der Waals surface area contributed by atoms with Crippen LogP contribution in [0.15, 0.2) is 41.4 Å². The Kier molecular flexibility index (Phi) is 6.68. The fraction of sp³-hybridized carbons (Fsp3) is 0.389. The SMILES string of the molecule is CC(NC(=O)c1cc(S(=O)(=O)N2CCSCC2)c[nH]1)c1ccc(OC(F)(F)F)cc1. The minimum atomic E-state index is -4.78. The first kappa shape index (κ1) is 22.5. The highest BCUT2D eigenvalue weighted by atomic mass is 32.2. The van der Waals surface area contributed by atoms with Gasteiger partial charge >= 0.3 is 6.36 Å². The van der Waals surface area contributed by atoms with Gasteiger partial charge in [-0.3, -0.25) is 4.79 Å². The fourth-order valence-electron chi connectivity index (χ4n) is 2.91. The lowest BCUT2D eigenvalue weighted by atomic mass is 10.1. The highest BCUT2D eigenvalue weighted by Gasteiger charge is 2.31. The van der Waals surface area contributed by atoms with Crippen LogP contribution in [0.25, 0.3) is 0 Å². The van der Waals surface area contributed by atoms with E-state index in [0.717, 1.165) is 23.6 Å². The molecule has 1 aliphatic rings. The summed E-state index contributed by atoms with van der Waals surface area (Å²) in [6.45, 7) is 2.50. The summed E-state index contributed by atoms with van der Waals surface area (Å²) in [5, 5.41) is 2.68. The first-order chi connectivity index (χ1) is 14.1. The van der Waals surface area contributed by atoms with Gasteiger partial charge in [-0.15, -0.1) is 13.2 Å². The Hall–Kier alpha value is -2.18. The van der Waals surface area contributed by atoms with Crippen LogP contribution in [-0.4, -0.2) is 54.6 Å². The number of alkyl halides is 3. The molecule has 0 spiro atoms. The molecule has 12 heteroatoms. The number of hydrogen-bond donors (Lipinski definition) is 2. The van der Waals surface area contributed by atoms with Gasteiger partial charge in [0.15, 0.2) is 0 Å². The lowest BCUT2D eigenvalue weighted by Crippen LogP contribution is -2.37. The highest BCUT2D eigenvalue weighted by Crippen LogP contribution is 2.25. The average molecular weight is 464 g/mol. The number of aromatic amines is 1. The Balaban J connectivity index is 1.65. The Morgan fingerprint density at radius 1 is 1.23 bits per heavy atom. The van der Waals surface area contributed by atoms with Crippen LogP contribution in [0, 0.1) is 0 Å². The number of sulfonamides is 1. The van der Waals surface area contributed by atoms with Crippen LogP contribution in [0.5, 0.6) is 5.75 Å². The van der Waals surface area contributed by atoms with E-state index in [9.17, 15) is 26.4 Å². The number of halogens is 3. The standard InChI is InChI=1S/C18H20F3N3O4S2/c1-12(13-2-4-14(5-3-13)28-18(19,20)21)23-17(25)16-10-15(11-22-16)30(26,27)24-6-8-29-9-7-24/h2-5,10-12,22H,6-9H2,1H3,(H,23,25). The molecular formula is C18H20F3N3O4S2. The Labute approximate surface area is 176 Å². The van der Waals surface area contributed by atoms with Crippen LogP contribution in [0.4, 0.5) is 13.2 Å². The van der Waals surface area contributed by atoms with Crippen molar-refractivity contribution in [2.75, 3.05) is 24.6 Å². The van der Waals surface area contributed by atoms with Crippen molar-refractivity contribution in [3.8, 4) is 5.75 Å². The molecular weight excluding hydrogens is 443 g/mol. The van der Waals surface area contributed by atoms with Crippen LogP contribution in [-0.2, 0) is 10.0 Å². The maximum Gasteiger partial charge on any atom is 0.573 e. The van der Waals surface area contributed by atoms with Crippen molar-refractivity contribution in [1.82, 2.24) is 14.6 Å². The molecule has 0 bridgehead atoms. The van der Waals surface area contributed by atoms with E-state index < -0.39 is 28.3 Å². The average Bonchev–Trinajstić information content (AvgIpc) is 3.19. The number of rotatable bonds is 6. The minimum Gasteiger partial charge on any atom is -0.406 e. The van der Waals surface area contributed by atoms with E-state index in [2.05, 4.69) is 15.0 Å². The zero-order valence-electron chi connectivity index (χ0n) is 15.9. The van der Waals surface area contributed by atoms with Gasteiger partial charge < -0.3 is 15.0 Å². The summed E-state index contributed by atoms with van der Waals surface area (Å²) in [7, 11) is -3.67.